The topological polar surface area (TPSA) is 84.3 Å². The van der Waals surface area contributed by atoms with Crippen molar-refractivity contribution in [2.75, 3.05) is 11.9 Å². The normalized spacial score (nSPS) is 15.1. The molecule has 1 fully saturated rings. The summed E-state index contributed by atoms with van der Waals surface area (Å²) in [5, 5.41) is 17.0. The van der Waals surface area contributed by atoms with Crippen LogP contribution in [0.2, 0.25) is 0 Å². The first-order valence-corrected chi connectivity index (χ1v) is 6.95. The molecule has 0 aliphatic heterocycles. The molecule has 1 aromatic rings. The lowest BCUT2D eigenvalue weighted by atomic mass is 10.1. The van der Waals surface area contributed by atoms with Crippen LogP contribution in [0.3, 0.4) is 0 Å². The zero-order valence-corrected chi connectivity index (χ0v) is 11.5. The monoisotopic (exact) mass is 277 g/mol. The third-order valence-electron chi connectivity index (χ3n) is 3.51. The van der Waals surface area contributed by atoms with Crippen LogP contribution in [0.1, 0.15) is 43.0 Å². The van der Waals surface area contributed by atoms with Crippen LogP contribution in [0.5, 0.6) is 0 Å². The summed E-state index contributed by atoms with van der Waals surface area (Å²) < 4.78 is 0. The summed E-state index contributed by atoms with van der Waals surface area (Å²) in [6, 6.07) is 4.88. The number of hydrogen-bond donors (Lipinski definition) is 2. The maximum Gasteiger partial charge on any atom is 0.293 e. The van der Waals surface area contributed by atoms with Gasteiger partial charge in [-0.3, -0.25) is 14.9 Å². The lowest BCUT2D eigenvalue weighted by Gasteiger charge is -2.14. The third kappa shape index (κ3) is 3.26. The van der Waals surface area contributed by atoms with Crippen LogP contribution in [0.25, 0.3) is 0 Å². The van der Waals surface area contributed by atoms with E-state index in [9.17, 15) is 14.9 Å². The molecule has 6 nitrogen and oxygen atoms in total. The Morgan fingerprint density at radius 3 is 2.70 bits per heavy atom. The number of hydrogen-bond acceptors (Lipinski definition) is 4. The van der Waals surface area contributed by atoms with Crippen molar-refractivity contribution in [3.05, 3.63) is 33.9 Å². The summed E-state index contributed by atoms with van der Waals surface area (Å²) in [5.41, 5.74) is 0.770. The van der Waals surface area contributed by atoms with Crippen molar-refractivity contribution in [1.29, 1.82) is 0 Å². The van der Waals surface area contributed by atoms with Crippen LogP contribution < -0.4 is 10.6 Å². The highest BCUT2D eigenvalue weighted by Gasteiger charge is 2.21. The van der Waals surface area contributed by atoms with Crippen molar-refractivity contribution in [1.82, 2.24) is 5.32 Å². The van der Waals surface area contributed by atoms with Gasteiger partial charge in [0.2, 0.25) is 0 Å². The minimum absolute atomic E-state index is 0.0411. The Morgan fingerprint density at radius 1 is 1.40 bits per heavy atom. The van der Waals surface area contributed by atoms with Gasteiger partial charge < -0.3 is 10.6 Å². The Balaban J connectivity index is 2.23. The van der Waals surface area contributed by atoms with Crippen molar-refractivity contribution in [2.45, 2.75) is 38.6 Å². The number of nitro groups is 1. The van der Waals surface area contributed by atoms with E-state index in [0.29, 0.717) is 23.8 Å². The van der Waals surface area contributed by atoms with Crippen LogP contribution >= 0.6 is 0 Å². The van der Waals surface area contributed by atoms with Crippen molar-refractivity contribution < 1.29 is 9.72 Å². The summed E-state index contributed by atoms with van der Waals surface area (Å²) in [6.07, 6.45) is 4.38. The molecular weight excluding hydrogens is 258 g/mol. The van der Waals surface area contributed by atoms with E-state index in [1.807, 2.05) is 6.92 Å². The van der Waals surface area contributed by atoms with E-state index in [-0.39, 0.29) is 11.6 Å². The van der Waals surface area contributed by atoms with Crippen LogP contribution in [0.15, 0.2) is 18.2 Å². The highest BCUT2D eigenvalue weighted by atomic mass is 16.6. The Morgan fingerprint density at radius 2 is 2.10 bits per heavy atom. The molecular formula is C14H19N3O3. The number of benzene rings is 1. The predicted octanol–water partition coefficient (Wildman–Crippen LogP) is 2.70. The van der Waals surface area contributed by atoms with Gasteiger partial charge in [0.05, 0.1) is 4.92 Å². The molecule has 1 aliphatic carbocycles. The molecule has 6 heteroatoms. The molecule has 0 unspecified atom stereocenters. The lowest BCUT2D eigenvalue weighted by molar-refractivity contribution is -0.384. The minimum atomic E-state index is -0.444. The van der Waals surface area contributed by atoms with Crippen LogP contribution in [0, 0.1) is 10.1 Å². The van der Waals surface area contributed by atoms with E-state index in [1.54, 1.807) is 12.1 Å². The number of anilines is 1. The number of amides is 1. The molecule has 108 valence electrons. The Hall–Kier alpha value is -2.11. The number of rotatable bonds is 5. The molecule has 20 heavy (non-hydrogen) atoms. The molecule has 0 radical (unpaired) electrons. The van der Waals surface area contributed by atoms with E-state index >= 15 is 0 Å². The zero-order valence-electron chi connectivity index (χ0n) is 11.5. The van der Waals surface area contributed by atoms with Gasteiger partial charge in [-0.25, -0.2) is 0 Å². The molecule has 0 bridgehead atoms. The molecule has 0 atom stereocenters. The molecule has 0 spiro atoms. The predicted molar refractivity (Wildman–Crippen MR) is 77.0 cm³/mol. The lowest BCUT2D eigenvalue weighted by Crippen LogP contribution is -2.23. The number of carbonyl (C=O) groups excluding carboxylic acids is 1. The molecule has 0 aromatic heterocycles. The molecule has 1 aromatic carbocycles. The second-order valence-corrected chi connectivity index (χ2v) is 4.97. The summed E-state index contributed by atoms with van der Waals surface area (Å²) in [4.78, 5) is 22.4. The molecule has 2 rings (SSSR count). The van der Waals surface area contributed by atoms with Crippen molar-refractivity contribution in [3.63, 3.8) is 0 Å². The number of nitrogens with zero attached hydrogens (tertiary/aromatic N) is 1. The quantitative estimate of drug-likeness (QED) is 0.640. The average molecular weight is 277 g/mol. The Labute approximate surface area is 117 Å². The first-order chi connectivity index (χ1) is 9.61. The molecule has 1 aliphatic rings. The molecule has 1 saturated carbocycles. The van der Waals surface area contributed by atoms with Gasteiger partial charge in [-0.2, -0.15) is 0 Å². The van der Waals surface area contributed by atoms with Crippen molar-refractivity contribution in [3.8, 4) is 0 Å². The fourth-order valence-corrected chi connectivity index (χ4v) is 2.50. The van der Waals surface area contributed by atoms with Gasteiger partial charge in [-0.1, -0.05) is 12.8 Å². The number of carbonyl (C=O) groups is 1. The van der Waals surface area contributed by atoms with E-state index < -0.39 is 4.92 Å². The first-order valence-electron chi connectivity index (χ1n) is 6.95. The third-order valence-corrected chi connectivity index (χ3v) is 3.51. The minimum Gasteiger partial charge on any atom is -0.377 e. The largest absolute Gasteiger partial charge is 0.377 e. The summed E-state index contributed by atoms with van der Waals surface area (Å²) in [5.74, 6) is -0.289. The molecule has 1 amide bonds. The van der Waals surface area contributed by atoms with Crippen LogP contribution in [0.4, 0.5) is 11.4 Å². The standard InChI is InChI=1S/C14H19N3O3/c1-2-15-14(18)10-7-8-12(13(9-10)17(19)20)16-11-5-3-4-6-11/h7-9,11,16H,2-6H2,1H3,(H,15,18). The second kappa shape index (κ2) is 6.36. The smallest absolute Gasteiger partial charge is 0.293 e. The number of nitrogens with one attached hydrogen (secondary N) is 2. The first kappa shape index (κ1) is 14.3. The van der Waals surface area contributed by atoms with E-state index in [0.717, 1.165) is 25.7 Å². The summed E-state index contributed by atoms with van der Waals surface area (Å²) >= 11 is 0. The molecule has 2 N–H and O–H groups in total. The average Bonchev–Trinajstić information content (AvgIpc) is 2.92. The Kier molecular flexibility index (Phi) is 4.55. The van der Waals surface area contributed by atoms with E-state index in [2.05, 4.69) is 10.6 Å². The van der Waals surface area contributed by atoms with Gasteiger partial charge in [0.25, 0.3) is 11.6 Å². The fourth-order valence-electron chi connectivity index (χ4n) is 2.50. The van der Waals surface area contributed by atoms with Gasteiger partial charge in [0.15, 0.2) is 0 Å². The van der Waals surface area contributed by atoms with Gasteiger partial charge >= 0.3 is 0 Å². The van der Waals surface area contributed by atoms with Gasteiger partial charge in [-0.05, 0) is 31.9 Å². The highest BCUT2D eigenvalue weighted by Crippen LogP contribution is 2.29. The maximum absolute atomic E-state index is 11.7. The van der Waals surface area contributed by atoms with Crippen LogP contribution in [-0.4, -0.2) is 23.4 Å². The summed E-state index contributed by atoms with van der Waals surface area (Å²) in [6.45, 7) is 2.30. The fraction of sp³-hybridized carbons (Fsp3) is 0.500. The zero-order chi connectivity index (χ0) is 14.5. The Bertz CT molecular complexity index is 510. The summed E-state index contributed by atoms with van der Waals surface area (Å²) in [7, 11) is 0. The van der Waals surface area contributed by atoms with Crippen molar-refractivity contribution in [2.24, 2.45) is 0 Å². The van der Waals surface area contributed by atoms with Crippen LogP contribution in [-0.2, 0) is 0 Å². The molecule has 0 saturated heterocycles. The van der Waals surface area contributed by atoms with Gasteiger partial charge in [0, 0.05) is 24.2 Å². The van der Waals surface area contributed by atoms with Gasteiger partial charge in [-0.15, -0.1) is 0 Å². The van der Waals surface area contributed by atoms with E-state index in [4.69, 9.17) is 0 Å². The SMILES string of the molecule is CCNC(=O)c1ccc(NC2CCCC2)c([N+](=O)[O-])c1. The second-order valence-electron chi connectivity index (χ2n) is 4.97. The molecule has 0 heterocycles. The number of nitro benzene ring substituents is 1. The maximum atomic E-state index is 11.7. The highest BCUT2D eigenvalue weighted by molar-refractivity contribution is 5.95. The van der Waals surface area contributed by atoms with Crippen molar-refractivity contribution >= 4 is 17.3 Å². The van der Waals surface area contributed by atoms with E-state index in [1.165, 1.54) is 6.07 Å². The van der Waals surface area contributed by atoms with Gasteiger partial charge in [0.1, 0.15) is 5.69 Å².